The Morgan fingerprint density at radius 1 is 1.32 bits per heavy atom. The maximum atomic E-state index is 12.6. The summed E-state index contributed by atoms with van der Waals surface area (Å²) in [5, 5.41) is 14.6. The Labute approximate surface area is 174 Å². The zero-order valence-corrected chi connectivity index (χ0v) is 17.9. The minimum Gasteiger partial charge on any atom is -0.336 e. The van der Waals surface area contributed by atoms with Crippen LogP contribution in [0.3, 0.4) is 0 Å². The van der Waals surface area contributed by atoms with E-state index in [1.807, 2.05) is 18.4 Å². The molecular weight excluding hydrogens is 420 g/mol. The number of anilines is 1. The van der Waals surface area contributed by atoms with Gasteiger partial charge in [-0.2, -0.15) is 5.10 Å². The molecule has 0 aliphatic carbocycles. The van der Waals surface area contributed by atoms with E-state index in [0.717, 1.165) is 10.6 Å². The van der Waals surface area contributed by atoms with E-state index in [1.54, 1.807) is 24.9 Å². The highest BCUT2D eigenvalue weighted by Crippen LogP contribution is 2.21. The standard InChI is InChI=1S/C17H19ClN6O2S2/c1-9-14(10(2)23-22-9)15(25)24(3)7-11-8-27-17(20-11)21-16(26)19-6-12-4-5-13(18)28-12/h4-5,8H,6-7H2,1-3H3,(H,22,23)(H2,19,20,21,26). The van der Waals surface area contributed by atoms with Crippen molar-refractivity contribution >= 4 is 51.3 Å². The van der Waals surface area contributed by atoms with Crippen LogP contribution >= 0.6 is 34.3 Å². The highest BCUT2D eigenvalue weighted by atomic mass is 35.5. The van der Waals surface area contributed by atoms with Crippen LogP contribution in [-0.2, 0) is 13.1 Å². The normalized spacial score (nSPS) is 10.7. The van der Waals surface area contributed by atoms with Crippen LogP contribution in [0.2, 0.25) is 4.34 Å². The Morgan fingerprint density at radius 3 is 2.75 bits per heavy atom. The Balaban J connectivity index is 1.53. The van der Waals surface area contributed by atoms with Crippen LogP contribution in [0.5, 0.6) is 0 Å². The van der Waals surface area contributed by atoms with Crippen LogP contribution in [0.15, 0.2) is 17.5 Å². The van der Waals surface area contributed by atoms with Crippen molar-refractivity contribution in [2.45, 2.75) is 26.9 Å². The number of hydrogen-bond acceptors (Lipinski definition) is 6. The number of halogens is 1. The van der Waals surface area contributed by atoms with Gasteiger partial charge in [-0.1, -0.05) is 11.6 Å². The van der Waals surface area contributed by atoms with Gasteiger partial charge in [0, 0.05) is 23.0 Å². The SMILES string of the molecule is Cc1n[nH]c(C)c1C(=O)N(C)Cc1csc(NC(=O)NCc2ccc(Cl)s2)n1. The number of aryl methyl sites for hydroxylation is 2. The van der Waals surface area contributed by atoms with E-state index in [2.05, 4.69) is 25.8 Å². The number of H-pyrrole nitrogens is 1. The van der Waals surface area contributed by atoms with Gasteiger partial charge in [-0.15, -0.1) is 22.7 Å². The first-order valence-corrected chi connectivity index (χ1v) is 10.4. The zero-order valence-electron chi connectivity index (χ0n) is 15.5. The Hall–Kier alpha value is -2.43. The lowest BCUT2D eigenvalue weighted by Crippen LogP contribution is -2.28. The summed E-state index contributed by atoms with van der Waals surface area (Å²) in [5.41, 5.74) is 2.67. The van der Waals surface area contributed by atoms with Crippen molar-refractivity contribution in [3.05, 3.63) is 49.4 Å². The van der Waals surface area contributed by atoms with Crippen LogP contribution in [-0.4, -0.2) is 39.1 Å². The summed E-state index contributed by atoms with van der Waals surface area (Å²) >= 11 is 8.59. The van der Waals surface area contributed by atoms with Crippen molar-refractivity contribution in [2.24, 2.45) is 0 Å². The minimum absolute atomic E-state index is 0.126. The topological polar surface area (TPSA) is 103 Å². The fourth-order valence-electron chi connectivity index (χ4n) is 2.56. The molecule has 3 aromatic rings. The van der Waals surface area contributed by atoms with Gasteiger partial charge in [0.15, 0.2) is 5.13 Å². The Morgan fingerprint density at radius 2 is 2.11 bits per heavy atom. The average molecular weight is 439 g/mol. The number of hydrogen-bond donors (Lipinski definition) is 3. The molecule has 28 heavy (non-hydrogen) atoms. The van der Waals surface area contributed by atoms with Crippen molar-refractivity contribution < 1.29 is 9.59 Å². The molecule has 0 aliphatic heterocycles. The first-order valence-electron chi connectivity index (χ1n) is 8.34. The number of amides is 3. The third-order valence-corrected chi connectivity index (χ3v) is 5.95. The summed E-state index contributed by atoms with van der Waals surface area (Å²) < 4.78 is 0.682. The first kappa shape index (κ1) is 20.3. The number of carbonyl (C=O) groups is 2. The summed E-state index contributed by atoms with van der Waals surface area (Å²) in [7, 11) is 1.71. The summed E-state index contributed by atoms with van der Waals surface area (Å²) in [6, 6.07) is 3.31. The molecule has 0 atom stereocenters. The molecule has 11 heteroatoms. The number of nitrogens with zero attached hydrogens (tertiary/aromatic N) is 3. The molecule has 3 aromatic heterocycles. The molecule has 3 N–H and O–H groups in total. The molecule has 0 spiro atoms. The lowest BCUT2D eigenvalue weighted by Gasteiger charge is -2.16. The van der Waals surface area contributed by atoms with Crippen molar-refractivity contribution in [1.29, 1.82) is 0 Å². The van der Waals surface area contributed by atoms with E-state index in [-0.39, 0.29) is 11.9 Å². The van der Waals surface area contributed by atoms with Crippen molar-refractivity contribution in [1.82, 2.24) is 25.4 Å². The van der Waals surface area contributed by atoms with Crippen molar-refractivity contribution in [3.63, 3.8) is 0 Å². The van der Waals surface area contributed by atoms with Gasteiger partial charge < -0.3 is 10.2 Å². The molecule has 0 fully saturated rings. The van der Waals surface area contributed by atoms with Crippen LogP contribution in [0.4, 0.5) is 9.93 Å². The molecule has 0 aromatic carbocycles. The van der Waals surface area contributed by atoms with E-state index < -0.39 is 0 Å². The summed E-state index contributed by atoms with van der Waals surface area (Å²) in [5.74, 6) is -0.126. The predicted octanol–water partition coefficient (Wildman–Crippen LogP) is 3.79. The number of rotatable bonds is 6. The maximum Gasteiger partial charge on any atom is 0.321 e. The van der Waals surface area contributed by atoms with Crippen LogP contribution in [0.1, 0.15) is 32.3 Å². The van der Waals surface area contributed by atoms with E-state index in [4.69, 9.17) is 11.6 Å². The van der Waals surface area contributed by atoms with Gasteiger partial charge in [0.05, 0.1) is 34.4 Å². The quantitative estimate of drug-likeness (QED) is 0.544. The molecule has 0 unspecified atom stereocenters. The fourth-order valence-corrected chi connectivity index (χ4v) is 4.29. The van der Waals surface area contributed by atoms with Crippen molar-refractivity contribution in [3.8, 4) is 0 Å². The molecule has 0 radical (unpaired) electrons. The highest BCUT2D eigenvalue weighted by molar-refractivity contribution is 7.16. The molecule has 8 nitrogen and oxygen atoms in total. The van der Waals surface area contributed by atoms with E-state index in [9.17, 15) is 9.59 Å². The largest absolute Gasteiger partial charge is 0.336 e. The molecule has 3 amide bonds. The second kappa shape index (κ2) is 8.72. The lowest BCUT2D eigenvalue weighted by atomic mass is 10.2. The molecule has 0 saturated heterocycles. The second-order valence-corrected chi connectivity index (χ2v) is 8.79. The minimum atomic E-state index is -0.348. The number of carbonyl (C=O) groups excluding carboxylic acids is 2. The summed E-state index contributed by atoms with van der Waals surface area (Å²) in [4.78, 5) is 31.5. The molecule has 0 aliphatic rings. The Bertz CT molecular complexity index is 976. The molecule has 3 rings (SSSR count). The van der Waals surface area contributed by atoms with Gasteiger partial charge >= 0.3 is 6.03 Å². The van der Waals surface area contributed by atoms with Crippen LogP contribution < -0.4 is 10.6 Å². The maximum absolute atomic E-state index is 12.6. The number of thiophene rings is 1. The number of thiazole rings is 1. The predicted molar refractivity (Wildman–Crippen MR) is 111 cm³/mol. The number of urea groups is 1. The summed E-state index contributed by atoms with van der Waals surface area (Å²) in [6.45, 7) is 4.32. The third-order valence-electron chi connectivity index (χ3n) is 3.91. The molecule has 0 saturated carbocycles. The van der Waals surface area contributed by atoms with Crippen LogP contribution in [0, 0.1) is 13.8 Å². The number of aromatic nitrogens is 3. The second-order valence-electron chi connectivity index (χ2n) is 6.13. The number of nitrogens with one attached hydrogen (secondary N) is 3. The van der Waals surface area contributed by atoms with E-state index >= 15 is 0 Å². The first-order chi connectivity index (χ1) is 13.3. The van der Waals surface area contributed by atoms with Gasteiger partial charge in [0.2, 0.25) is 0 Å². The molecule has 3 heterocycles. The lowest BCUT2D eigenvalue weighted by molar-refractivity contribution is 0.0782. The smallest absolute Gasteiger partial charge is 0.321 e. The third kappa shape index (κ3) is 4.89. The molecule has 0 bridgehead atoms. The van der Waals surface area contributed by atoms with Crippen molar-refractivity contribution in [2.75, 3.05) is 12.4 Å². The van der Waals surface area contributed by atoms with Gasteiger partial charge in [0.25, 0.3) is 5.91 Å². The van der Waals surface area contributed by atoms with E-state index in [0.29, 0.717) is 39.5 Å². The molecular formula is C17H19ClN6O2S2. The van der Waals surface area contributed by atoms with E-state index in [1.165, 1.54) is 22.7 Å². The van der Waals surface area contributed by atoms with Gasteiger partial charge in [-0.3, -0.25) is 15.2 Å². The highest BCUT2D eigenvalue weighted by Gasteiger charge is 2.20. The average Bonchev–Trinajstić information content (AvgIpc) is 3.34. The summed E-state index contributed by atoms with van der Waals surface area (Å²) in [6.07, 6.45) is 0. The van der Waals surface area contributed by atoms with Gasteiger partial charge in [0.1, 0.15) is 0 Å². The number of aromatic amines is 1. The van der Waals surface area contributed by atoms with Crippen LogP contribution in [0.25, 0.3) is 0 Å². The fraction of sp³-hybridized carbons (Fsp3) is 0.294. The zero-order chi connectivity index (χ0) is 20.3. The monoisotopic (exact) mass is 438 g/mol. The van der Waals surface area contributed by atoms with Gasteiger partial charge in [-0.05, 0) is 26.0 Å². The van der Waals surface area contributed by atoms with Gasteiger partial charge in [-0.25, -0.2) is 9.78 Å². The molecule has 148 valence electrons. The Kier molecular flexibility index (Phi) is 6.32.